The van der Waals surface area contributed by atoms with Crippen molar-refractivity contribution in [2.75, 3.05) is 10.6 Å². The third kappa shape index (κ3) is 6.18. The lowest BCUT2D eigenvalue weighted by Crippen LogP contribution is -2.42. The van der Waals surface area contributed by atoms with Gasteiger partial charge in [0.2, 0.25) is 0 Å². The summed E-state index contributed by atoms with van der Waals surface area (Å²) in [6.07, 6.45) is 5.75. The fourth-order valence-corrected chi connectivity index (χ4v) is 4.73. The molecule has 4 N–H and O–H groups in total. The number of aliphatic carboxylic acids is 1. The Hall–Kier alpha value is -3.87. The van der Waals surface area contributed by atoms with Gasteiger partial charge in [0.1, 0.15) is 6.04 Å². The Labute approximate surface area is 204 Å². The molecule has 0 aromatic heterocycles. The molecule has 0 spiro atoms. The second-order valence-corrected chi connectivity index (χ2v) is 9.24. The number of amides is 3. The van der Waals surface area contributed by atoms with E-state index in [0.29, 0.717) is 23.7 Å². The molecule has 1 atom stereocenters. The van der Waals surface area contributed by atoms with Crippen LogP contribution in [0.2, 0.25) is 0 Å². The van der Waals surface area contributed by atoms with Gasteiger partial charge >= 0.3 is 12.0 Å². The molecule has 0 radical (unpaired) electrons. The van der Waals surface area contributed by atoms with Crippen molar-refractivity contribution >= 4 is 40.1 Å². The van der Waals surface area contributed by atoms with E-state index in [9.17, 15) is 19.5 Å². The fourth-order valence-electron chi connectivity index (χ4n) is 4.73. The number of fused-ring (bicyclic) bond motifs is 1. The fraction of sp³-hybridized carbons (Fsp3) is 0.321. The minimum absolute atomic E-state index is 0.221. The van der Waals surface area contributed by atoms with E-state index in [2.05, 4.69) is 16.0 Å². The monoisotopic (exact) mass is 473 g/mol. The van der Waals surface area contributed by atoms with Crippen LogP contribution in [-0.2, 0) is 4.79 Å². The molecular weight excluding hydrogens is 442 g/mol. The Morgan fingerprint density at radius 3 is 2.20 bits per heavy atom. The van der Waals surface area contributed by atoms with E-state index >= 15 is 0 Å². The molecule has 1 aliphatic carbocycles. The molecule has 1 aliphatic rings. The number of anilines is 2. The number of hydrogen-bond donors (Lipinski definition) is 4. The van der Waals surface area contributed by atoms with Crippen molar-refractivity contribution in [3.05, 3.63) is 71.8 Å². The summed E-state index contributed by atoms with van der Waals surface area (Å²) in [5.74, 6) is -1.28. The number of urea groups is 1. The van der Waals surface area contributed by atoms with Crippen molar-refractivity contribution in [1.29, 1.82) is 0 Å². The topological polar surface area (TPSA) is 108 Å². The summed E-state index contributed by atoms with van der Waals surface area (Å²) in [4.78, 5) is 38.1. The van der Waals surface area contributed by atoms with E-state index in [0.717, 1.165) is 42.0 Å². The molecule has 7 heteroatoms. The predicted octanol–water partition coefficient (Wildman–Crippen LogP) is 5.95. The summed E-state index contributed by atoms with van der Waals surface area (Å²) in [6.45, 7) is 1.89. The van der Waals surface area contributed by atoms with Crippen LogP contribution in [0, 0.1) is 12.8 Å². The van der Waals surface area contributed by atoms with Crippen molar-refractivity contribution < 1.29 is 19.5 Å². The number of carboxylic acid groups (broad SMARTS) is 1. The van der Waals surface area contributed by atoms with Gasteiger partial charge in [-0.2, -0.15) is 0 Å². The highest BCUT2D eigenvalue weighted by molar-refractivity contribution is 6.10. The third-order valence-corrected chi connectivity index (χ3v) is 6.67. The summed E-state index contributed by atoms with van der Waals surface area (Å²) in [5.41, 5.74) is 2.11. The number of benzene rings is 3. The Morgan fingerprint density at radius 2 is 1.51 bits per heavy atom. The number of hydrogen-bond acceptors (Lipinski definition) is 3. The zero-order valence-corrected chi connectivity index (χ0v) is 19.8. The molecule has 3 aromatic rings. The van der Waals surface area contributed by atoms with E-state index in [4.69, 9.17) is 0 Å². The van der Waals surface area contributed by atoms with Crippen molar-refractivity contribution in [2.24, 2.45) is 5.92 Å². The molecule has 3 amide bonds. The van der Waals surface area contributed by atoms with Gasteiger partial charge in [-0.15, -0.1) is 0 Å². The standard InChI is InChI=1S/C28H31N3O4/c1-18-9-5-8-14-23(18)30-28(35)31-24-17-21-13-7-6-12-20(21)16-22(24)26(32)29-25(27(33)34)15-19-10-3-2-4-11-19/h5-9,12-14,16-17,19,25H,2-4,10-11,15H2,1H3,(H,29,32)(H,33,34)(H2,30,31,35)/t25-/m0/s1. The van der Waals surface area contributed by atoms with Gasteiger partial charge in [0.05, 0.1) is 11.3 Å². The van der Waals surface area contributed by atoms with Gasteiger partial charge in [0.15, 0.2) is 0 Å². The highest BCUT2D eigenvalue weighted by Crippen LogP contribution is 2.28. The molecule has 0 unspecified atom stereocenters. The summed E-state index contributed by atoms with van der Waals surface area (Å²) in [5, 5.41) is 19.8. The number of rotatable bonds is 7. The van der Waals surface area contributed by atoms with Gasteiger partial charge in [0, 0.05) is 5.69 Å². The highest BCUT2D eigenvalue weighted by Gasteiger charge is 2.27. The van der Waals surface area contributed by atoms with Crippen molar-refractivity contribution in [1.82, 2.24) is 5.32 Å². The van der Waals surface area contributed by atoms with E-state index in [-0.39, 0.29) is 5.56 Å². The Balaban J connectivity index is 1.57. The molecule has 7 nitrogen and oxygen atoms in total. The zero-order valence-electron chi connectivity index (χ0n) is 19.8. The van der Waals surface area contributed by atoms with E-state index < -0.39 is 23.9 Å². The summed E-state index contributed by atoms with van der Waals surface area (Å²) in [7, 11) is 0. The van der Waals surface area contributed by atoms with Crippen LogP contribution in [0.25, 0.3) is 10.8 Å². The molecule has 1 saturated carbocycles. The molecule has 3 aromatic carbocycles. The maximum atomic E-state index is 13.3. The van der Waals surface area contributed by atoms with Crippen molar-refractivity contribution in [3.63, 3.8) is 0 Å². The Kier molecular flexibility index (Phi) is 7.65. The number of nitrogens with one attached hydrogen (secondary N) is 3. The van der Waals surface area contributed by atoms with Crippen LogP contribution in [0.3, 0.4) is 0 Å². The smallest absolute Gasteiger partial charge is 0.326 e. The van der Waals surface area contributed by atoms with Gasteiger partial charge in [-0.25, -0.2) is 9.59 Å². The minimum atomic E-state index is -1.04. The molecule has 0 saturated heterocycles. The number of carbonyl (C=O) groups excluding carboxylic acids is 2. The molecule has 0 bridgehead atoms. The number of para-hydroxylation sites is 1. The van der Waals surface area contributed by atoms with Crippen LogP contribution in [0.1, 0.15) is 54.4 Å². The third-order valence-electron chi connectivity index (χ3n) is 6.67. The second-order valence-electron chi connectivity index (χ2n) is 9.24. The molecular formula is C28H31N3O4. The quantitative estimate of drug-likeness (QED) is 0.340. The van der Waals surface area contributed by atoms with E-state index in [1.807, 2.05) is 49.4 Å². The molecule has 1 fully saturated rings. The lowest BCUT2D eigenvalue weighted by Gasteiger charge is -2.25. The summed E-state index contributed by atoms with van der Waals surface area (Å²) in [6, 6.07) is 16.9. The maximum Gasteiger partial charge on any atom is 0.326 e. The SMILES string of the molecule is Cc1ccccc1NC(=O)Nc1cc2ccccc2cc1C(=O)N[C@@H](CC1CCCCC1)C(=O)O. The number of carboxylic acids is 1. The first-order valence-corrected chi connectivity index (χ1v) is 12.1. The zero-order chi connectivity index (χ0) is 24.8. The maximum absolute atomic E-state index is 13.3. The minimum Gasteiger partial charge on any atom is -0.480 e. The predicted molar refractivity (Wildman–Crippen MR) is 138 cm³/mol. The van der Waals surface area contributed by atoms with Crippen LogP contribution >= 0.6 is 0 Å². The van der Waals surface area contributed by atoms with Crippen LogP contribution in [0.15, 0.2) is 60.7 Å². The van der Waals surface area contributed by atoms with Gasteiger partial charge in [0.25, 0.3) is 5.91 Å². The number of carbonyl (C=O) groups is 3. The first kappa shape index (κ1) is 24.3. The molecule has 182 valence electrons. The summed E-state index contributed by atoms with van der Waals surface area (Å²) < 4.78 is 0. The van der Waals surface area contributed by atoms with Crippen LogP contribution < -0.4 is 16.0 Å². The largest absolute Gasteiger partial charge is 0.480 e. The first-order valence-electron chi connectivity index (χ1n) is 12.1. The van der Waals surface area contributed by atoms with E-state index in [1.165, 1.54) is 6.42 Å². The highest BCUT2D eigenvalue weighted by atomic mass is 16.4. The van der Waals surface area contributed by atoms with Crippen LogP contribution in [-0.4, -0.2) is 29.1 Å². The van der Waals surface area contributed by atoms with Crippen molar-refractivity contribution in [3.8, 4) is 0 Å². The first-order chi connectivity index (χ1) is 16.9. The average molecular weight is 474 g/mol. The Morgan fingerprint density at radius 1 is 0.886 bits per heavy atom. The van der Waals surface area contributed by atoms with Gasteiger partial charge in [-0.3, -0.25) is 4.79 Å². The lowest BCUT2D eigenvalue weighted by molar-refractivity contribution is -0.139. The lowest BCUT2D eigenvalue weighted by atomic mass is 9.85. The summed E-state index contributed by atoms with van der Waals surface area (Å²) >= 11 is 0. The van der Waals surface area contributed by atoms with Gasteiger partial charge in [-0.05, 0) is 53.8 Å². The second kappa shape index (κ2) is 11.0. The Bertz CT molecular complexity index is 1230. The average Bonchev–Trinajstić information content (AvgIpc) is 2.85. The molecule has 0 heterocycles. The molecule has 0 aliphatic heterocycles. The van der Waals surface area contributed by atoms with Gasteiger partial charge < -0.3 is 21.1 Å². The van der Waals surface area contributed by atoms with Crippen LogP contribution in [0.5, 0.6) is 0 Å². The normalized spacial score (nSPS) is 14.8. The van der Waals surface area contributed by atoms with Crippen molar-refractivity contribution in [2.45, 2.75) is 51.5 Å². The molecule has 4 rings (SSSR count). The van der Waals surface area contributed by atoms with Crippen LogP contribution in [0.4, 0.5) is 16.2 Å². The van der Waals surface area contributed by atoms with E-state index in [1.54, 1.807) is 18.2 Å². The number of aryl methyl sites for hydroxylation is 1. The molecule has 35 heavy (non-hydrogen) atoms. The van der Waals surface area contributed by atoms with Gasteiger partial charge in [-0.1, -0.05) is 74.6 Å².